The molecule has 0 saturated carbocycles. The van der Waals surface area contributed by atoms with Crippen molar-refractivity contribution in [1.29, 1.82) is 0 Å². The number of nitrogens with zero attached hydrogens (tertiary/aromatic N) is 3. The van der Waals surface area contributed by atoms with Gasteiger partial charge in [-0.15, -0.1) is 0 Å². The molecule has 2 aliphatic rings. The average molecular weight is 455 g/mol. The van der Waals surface area contributed by atoms with Crippen molar-refractivity contribution in [3.8, 4) is 0 Å². The van der Waals surface area contributed by atoms with Crippen LogP contribution in [0.5, 0.6) is 0 Å². The molecule has 4 rings (SSSR count). The summed E-state index contributed by atoms with van der Waals surface area (Å²) in [5.74, 6) is -0.235. The highest BCUT2D eigenvalue weighted by atomic mass is 79.9. The predicted octanol–water partition coefficient (Wildman–Crippen LogP) is 4.69. The molecule has 2 fully saturated rings. The van der Waals surface area contributed by atoms with Gasteiger partial charge in [0.15, 0.2) is 0 Å². The number of carbonyl (C=O) groups is 2. The van der Waals surface area contributed by atoms with Gasteiger partial charge >= 0.3 is 6.03 Å². The van der Waals surface area contributed by atoms with Crippen LogP contribution in [-0.4, -0.2) is 33.9 Å². The summed E-state index contributed by atoms with van der Waals surface area (Å²) in [5, 5.41) is 0.282. The second-order valence-electron chi connectivity index (χ2n) is 6.48. The molecule has 26 heavy (non-hydrogen) atoms. The van der Waals surface area contributed by atoms with Gasteiger partial charge in [-0.05, 0) is 42.7 Å². The van der Waals surface area contributed by atoms with Crippen LogP contribution in [0.3, 0.4) is 0 Å². The molecule has 1 aromatic carbocycles. The van der Waals surface area contributed by atoms with E-state index in [1.165, 1.54) is 17.0 Å². The third-order valence-electron chi connectivity index (χ3n) is 4.93. The Bertz CT molecular complexity index is 886. The summed E-state index contributed by atoms with van der Waals surface area (Å²) in [6.07, 6.45) is 1.92. The number of hydrogen-bond acceptors (Lipinski definition) is 3. The summed E-state index contributed by atoms with van der Waals surface area (Å²) in [4.78, 5) is 33.1. The molecule has 2 aliphatic heterocycles. The van der Waals surface area contributed by atoms with Crippen LogP contribution in [0, 0.1) is 0 Å². The molecule has 0 radical (unpaired) electrons. The molecular weight excluding hydrogens is 441 g/mol. The Morgan fingerprint density at radius 1 is 1.12 bits per heavy atom. The quantitative estimate of drug-likeness (QED) is 0.499. The Morgan fingerprint density at radius 2 is 1.77 bits per heavy atom. The van der Waals surface area contributed by atoms with Crippen molar-refractivity contribution in [2.75, 3.05) is 11.4 Å². The zero-order valence-corrected chi connectivity index (χ0v) is 16.7. The first-order valence-corrected chi connectivity index (χ1v) is 9.69. The van der Waals surface area contributed by atoms with Crippen LogP contribution in [0.1, 0.15) is 18.4 Å². The van der Waals surface area contributed by atoms with E-state index < -0.39 is 5.54 Å². The standard InChI is InChI=1S/C18H14BrCl2N3O2/c19-12-4-2-11(3-5-12)10-18-6-1-7-23(18)17(26)24(16(18)25)13-8-14(20)22-15(21)9-13/h2-5,8-9H,1,6-7,10H2. The molecule has 1 unspecified atom stereocenters. The fourth-order valence-corrected chi connectivity index (χ4v) is 4.52. The lowest BCUT2D eigenvalue weighted by atomic mass is 9.88. The van der Waals surface area contributed by atoms with Crippen LogP contribution < -0.4 is 4.90 Å². The molecular formula is C18H14BrCl2N3O2. The van der Waals surface area contributed by atoms with Crippen LogP contribution in [0.25, 0.3) is 0 Å². The van der Waals surface area contributed by atoms with E-state index in [1.807, 2.05) is 24.3 Å². The van der Waals surface area contributed by atoms with E-state index in [0.29, 0.717) is 25.1 Å². The lowest BCUT2D eigenvalue weighted by molar-refractivity contribution is -0.123. The summed E-state index contributed by atoms with van der Waals surface area (Å²) in [7, 11) is 0. The molecule has 1 atom stereocenters. The summed E-state index contributed by atoms with van der Waals surface area (Å²) >= 11 is 15.3. The predicted molar refractivity (Wildman–Crippen MR) is 104 cm³/mol. The highest BCUT2D eigenvalue weighted by molar-refractivity contribution is 9.10. The normalized spacial score (nSPS) is 22.3. The molecule has 0 bridgehead atoms. The van der Waals surface area contributed by atoms with E-state index in [4.69, 9.17) is 23.2 Å². The molecule has 2 aromatic rings. The first-order chi connectivity index (χ1) is 12.4. The first kappa shape index (κ1) is 17.8. The molecule has 3 amide bonds. The van der Waals surface area contributed by atoms with E-state index in [0.717, 1.165) is 16.5 Å². The SMILES string of the molecule is O=C1N(c2cc(Cl)nc(Cl)c2)C(=O)C2(Cc3ccc(Br)cc3)CCCN12. The highest BCUT2D eigenvalue weighted by Crippen LogP contribution is 2.42. The number of urea groups is 1. The molecule has 0 aliphatic carbocycles. The fourth-order valence-electron chi connectivity index (χ4n) is 3.80. The Morgan fingerprint density at radius 3 is 2.42 bits per heavy atom. The van der Waals surface area contributed by atoms with Crippen molar-refractivity contribution >= 4 is 56.8 Å². The molecule has 134 valence electrons. The van der Waals surface area contributed by atoms with E-state index >= 15 is 0 Å². The van der Waals surface area contributed by atoms with E-state index in [9.17, 15) is 9.59 Å². The van der Waals surface area contributed by atoms with Crippen molar-refractivity contribution in [2.24, 2.45) is 0 Å². The highest BCUT2D eigenvalue weighted by Gasteiger charge is 2.59. The number of fused-ring (bicyclic) bond motifs is 1. The molecule has 5 nitrogen and oxygen atoms in total. The van der Waals surface area contributed by atoms with Crippen molar-refractivity contribution in [2.45, 2.75) is 24.8 Å². The van der Waals surface area contributed by atoms with Crippen molar-refractivity contribution in [1.82, 2.24) is 9.88 Å². The lowest BCUT2D eigenvalue weighted by Crippen LogP contribution is -2.47. The van der Waals surface area contributed by atoms with Gasteiger partial charge in [0.25, 0.3) is 5.91 Å². The number of hydrogen-bond donors (Lipinski definition) is 0. The second-order valence-corrected chi connectivity index (χ2v) is 8.17. The van der Waals surface area contributed by atoms with Crippen LogP contribution in [0.2, 0.25) is 10.3 Å². The molecule has 0 spiro atoms. The Kier molecular flexibility index (Phi) is 4.45. The zero-order chi connectivity index (χ0) is 18.5. The Labute approximate surface area is 169 Å². The summed E-state index contributed by atoms with van der Waals surface area (Å²) in [6, 6.07) is 10.4. The number of benzene rings is 1. The van der Waals surface area contributed by atoms with Crippen molar-refractivity contribution in [3.63, 3.8) is 0 Å². The van der Waals surface area contributed by atoms with Crippen LogP contribution in [-0.2, 0) is 11.2 Å². The van der Waals surface area contributed by atoms with Gasteiger partial charge in [0.2, 0.25) is 0 Å². The number of halogens is 3. The number of amides is 3. The Balaban J connectivity index is 1.74. The van der Waals surface area contributed by atoms with Gasteiger partial charge < -0.3 is 4.90 Å². The molecule has 8 heteroatoms. The minimum Gasteiger partial charge on any atom is -0.309 e. The van der Waals surface area contributed by atoms with E-state index in [-0.39, 0.29) is 22.2 Å². The fraction of sp³-hybridized carbons (Fsp3) is 0.278. The third-order valence-corrected chi connectivity index (χ3v) is 5.84. The van der Waals surface area contributed by atoms with Crippen LogP contribution in [0.15, 0.2) is 40.9 Å². The van der Waals surface area contributed by atoms with Gasteiger partial charge in [0.1, 0.15) is 15.8 Å². The zero-order valence-electron chi connectivity index (χ0n) is 13.6. The third kappa shape index (κ3) is 2.80. The number of rotatable bonds is 3. The largest absolute Gasteiger partial charge is 0.332 e. The number of pyridine rings is 1. The number of imide groups is 1. The van der Waals surface area contributed by atoms with Crippen molar-refractivity contribution in [3.05, 3.63) is 56.7 Å². The maximum absolute atomic E-state index is 13.4. The number of carbonyl (C=O) groups excluding carboxylic acids is 2. The summed E-state index contributed by atoms with van der Waals surface area (Å²) in [6.45, 7) is 0.560. The number of anilines is 1. The topological polar surface area (TPSA) is 53.5 Å². The van der Waals surface area contributed by atoms with Gasteiger partial charge in [-0.3, -0.25) is 4.79 Å². The lowest BCUT2D eigenvalue weighted by Gasteiger charge is -2.28. The van der Waals surface area contributed by atoms with E-state index in [1.54, 1.807) is 4.90 Å². The summed E-state index contributed by atoms with van der Waals surface area (Å²) < 4.78 is 0.971. The Hall–Kier alpha value is -1.63. The van der Waals surface area contributed by atoms with Gasteiger partial charge in [-0.1, -0.05) is 51.3 Å². The van der Waals surface area contributed by atoms with Crippen molar-refractivity contribution < 1.29 is 9.59 Å². The minimum atomic E-state index is -0.854. The van der Waals surface area contributed by atoms with Crippen LogP contribution in [0.4, 0.5) is 10.5 Å². The van der Waals surface area contributed by atoms with Gasteiger partial charge in [-0.2, -0.15) is 0 Å². The van der Waals surface area contributed by atoms with Gasteiger partial charge in [0.05, 0.1) is 5.69 Å². The minimum absolute atomic E-state index is 0.141. The smallest absolute Gasteiger partial charge is 0.309 e. The maximum Gasteiger partial charge on any atom is 0.332 e. The molecule has 2 saturated heterocycles. The number of aromatic nitrogens is 1. The van der Waals surface area contributed by atoms with Crippen LogP contribution >= 0.6 is 39.1 Å². The van der Waals surface area contributed by atoms with E-state index in [2.05, 4.69) is 20.9 Å². The molecule has 1 aromatic heterocycles. The van der Waals surface area contributed by atoms with Gasteiger partial charge in [-0.25, -0.2) is 14.7 Å². The molecule has 0 N–H and O–H groups in total. The maximum atomic E-state index is 13.4. The average Bonchev–Trinajstić information content (AvgIpc) is 3.08. The molecule has 3 heterocycles. The summed E-state index contributed by atoms with van der Waals surface area (Å²) in [5.41, 5.74) is 0.510. The van der Waals surface area contributed by atoms with Gasteiger partial charge in [0, 0.05) is 17.4 Å². The second kappa shape index (κ2) is 6.51. The monoisotopic (exact) mass is 453 g/mol. The first-order valence-electron chi connectivity index (χ1n) is 8.14.